The summed E-state index contributed by atoms with van der Waals surface area (Å²) in [6, 6.07) is 0.0447. The molecule has 19 heavy (non-hydrogen) atoms. The number of nitrogens with zero attached hydrogens (tertiary/aromatic N) is 1. The molecule has 2 atom stereocenters. The van der Waals surface area contributed by atoms with Gasteiger partial charge in [-0.05, 0) is 45.3 Å². The van der Waals surface area contributed by atoms with Crippen LogP contribution in [0.2, 0.25) is 0 Å². The third kappa shape index (κ3) is 3.27. The molecule has 0 aromatic heterocycles. The first kappa shape index (κ1) is 15.2. The maximum atomic E-state index is 12.6. The van der Waals surface area contributed by atoms with E-state index < -0.39 is 0 Å². The van der Waals surface area contributed by atoms with Crippen molar-refractivity contribution >= 4 is 17.7 Å². The number of hydrogen-bond acceptors (Lipinski definition) is 3. The summed E-state index contributed by atoms with van der Waals surface area (Å²) in [6.45, 7) is 7.42. The van der Waals surface area contributed by atoms with Crippen LogP contribution in [-0.4, -0.2) is 40.6 Å². The summed E-state index contributed by atoms with van der Waals surface area (Å²) >= 11 is 1.85. The molecule has 2 unspecified atom stereocenters. The number of carbonyl (C=O) groups excluding carboxylic acids is 1. The van der Waals surface area contributed by atoms with Gasteiger partial charge in [-0.15, -0.1) is 0 Å². The van der Waals surface area contributed by atoms with Gasteiger partial charge in [0.25, 0.3) is 0 Å². The summed E-state index contributed by atoms with van der Waals surface area (Å²) < 4.78 is 0.136. The average Bonchev–Trinajstić information content (AvgIpc) is 2.99. The van der Waals surface area contributed by atoms with Gasteiger partial charge in [0.05, 0.1) is 12.2 Å². The van der Waals surface area contributed by atoms with E-state index in [1.807, 2.05) is 11.8 Å². The quantitative estimate of drug-likeness (QED) is 0.842. The molecule has 2 aliphatic rings. The molecule has 1 amide bonds. The molecule has 0 radical (unpaired) electrons. The van der Waals surface area contributed by atoms with Gasteiger partial charge in [-0.3, -0.25) is 10.1 Å². The Morgan fingerprint density at radius 1 is 1.37 bits per heavy atom. The molecule has 2 fully saturated rings. The topological polar surface area (TPSA) is 32.3 Å². The monoisotopic (exact) mass is 284 g/mol. The Morgan fingerprint density at radius 3 is 2.53 bits per heavy atom. The van der Waals surface area contributed by atoms with Crippen molar-refractivity contribution in [3.05, 3.63) is 0 Å². The molecular weight excluding hydrogens is 256 g/mol. The van der Waals surface area contributed by atoms with Crippen molar-refractivity contribution in [3.63, 3.8) is 0 Å². The third-order valence-electron chi connectivity index (χ3n) is 4.65. The molecule has 2 rings (SSSR count). The number of hydrogen-bond donors (Lipinski definition) is 1. The van der Waals surface area contributed by atoms with E-state index in [1.165, 1.54) is 25.7 Å². The molecule has 1 heterocycles. The number of rotatable bonds is 5. The maximum absolute atomic E-state index is 12.6. The van der Waals surface area contributed by atoms with Crippen LogP contribution in [0.5, 0.6) is 0 Å². The second kappa shape index (κ2) is 6.04. The summed E-state index contributed by atoms with van der Waals surface area (Å²) in [5.74, 6) is 0.986. The standard InChI is InChI=1S/C15H28N2OS/c1-5-12-14(18)17(10-15(2,3)19-4)13(16-12)11-8-6-7-9-11/h11-13,16H,5-10H2,1-4H3. The molecule has 0 spiro atoms. The summed E-state index contributed by atoms with van der Waals surface area (Å²) in [5.41, 5.74) is 0. The van der Waals surface area contributed by atoms with Crippen molar-refractivity contribution in [3.8, 4) is 0 Å². The predicted octanol–water partition coefficient (Wildman–Crippen LogP) is 2.85. The molecule has 1 saturated carbocycles. The summed E-state index contributed by atoms with van der Waals surface area (Å²) in [7, 11) is 0. The highest BCUT2D eigenvalue weighted by Crippen LogP contribution is 2.34. The number of carbonyl (C=O) groups is 1. The van der Waals surface area contributed by atoms with Crippen molar-refractivity contribution in [2.24, 2.45) is 5.92 Å². The van der Waals surface area contributed by atoms with E-state index in [1.54, 1.807) is 0 Å². The molecule has 0 bridgehead atoms. The largest absolute Gasteiger partial charge is 0.324 e. The third-order valence-corrected chi connectivity index (χ3v) is 5.88. The highest BCUT2D eigenvalue weighted by molar-refractivity contribution is 7.99. The van der Waals surface area contributed by atoms with Gasteiger partial charge in [0, 0.05) is 11.3 Å². The number of amides is 1. The van der Waals surface area contributed by atoms with Crippen LogP contribution < -0.4 is 5.32 Å². The lowest BCUT2D eigenvalue weighted by atomic mass is 10.0. The molecule has 1 aliphatic heterocycles. The van der Waals surface area contributed by atoms with Gasteiger partial charge >= 0.3 is 0 Å². The molecule has 1 saturated heterocycles. The zero-order valence-corrected chi connectivity index (χ0v) is 13.6. The van der Waals surface area contributed by atoms with Crippen LogP contribution in [0.3, 0.4) is 0 Å². The Bertz CT molecular complexity index is 326. The lowest BCUT2D eigenvalue weighted by Gasteiger charge is -2.35. The Hall–Kier alpha value is -0.220. The maximum Gasteiger partial charge on any atom is 0.241 e. The molecule has 1 N–H and O–H groups in total. The first-order chi connectivity index (χ1) is 8.98. The van der Waals surface area contributed by atoms with Crippen LogP contribution in [0.1, 0.15) is 52.9 Å². The van der Waals surface area contributed by atoms with E-state index in [0.717, 1.165) is 13.0 Å². The van der Waals surface area contributed by atoms with Gasteiger partial charge < -0.3 is 4.90 Å². The van der Waals surface area contributed by atoms with Crippen molar-refractivity contribution in [1.82, 2.24) is 10.2 Å². The average molecular weight is 284 g/mol. The lowest BCUT2D eigenvalue weighted by molar-refractivity contribution is -0.131. The predicted molar refractivity (Wildman–Crippen MR) is 82.3 cm³/mol. The van der Waals surface area contributed by atoms with E-state index in [0.29, 0.717) is 11.8 Å². The minimum absolute atomic E-state index is 0.0447. The fourth-order valence-corrected chi connectivity index (χ4v) is 3.58. The van der Waals surface area contributed by atoms with Gasteiger partial charge in [-0.1, -0.05) is 19.8 Å². The Balaban J connectivity index is 2.12. The first-order valence-electron chi connectivity index (χ1n) is 7.60. The highest BCUT2D eigenvalue weighted by Gasteiger charge is 2.43. The van der Waals surface area contributed by atoms with Crippen LogP contribution in [0.15, 0.2) is 0 Å². The van der Waals surface area contributed by atoms with E-state index in [-0.39, 0.29) is 17.0 Å². The van der Waals surface area contributed by atoms with E-state index in [2.05, 4.69) is 37.2 Å². The van der Waals surface area contributed by atoms with Crippen molar-refractivity contribution in [2.45, 2.75) is 69.8 Å². The van der Waals surface area contributed by atoms with Crippen molar-refractivity contribution < 1.29 is 4.79 Å². The van der Waals surface area contributed by atoms with Gasteiger partial charge in [0.1, 0.15) is 0 Å². The second-order valence-corrected chi connectivity index (χ2v) is 8.06. The molecule has 0 aromatic rings. The molecule has 4 heteroatoms. The SMILES string of the molecule is CCC1NC(C2CCCC2)N(CC(C)(C)SC)C1=O. The summed E-state index contributed by atoms with van der Waals surface area (Å²) in [4.78, 5) is 14.7. The Labute approximate surface area is 121 Å². The first-order valence-corrected chi connectivity index (χ1v) is 8.82. The van der Waals surface area contributed by atoms with Crippen LogP contribution in [0.25, 0.3) is 0 Å². The van der Waals surface area contributed by atoms with Gasteiger partial charge in [0.15, 0.2) is 0 Å². The second-order valence-electron chi connectivity index (χ2n) is 6.55. The summed E-state index contributed by atoms with van der Waals surface area (Å²) in [6.07, 6.45) is 8.52. The van der Waals surface area contributed by atoms with Crippen LogP contribution in [0.4, 0.5) is 0 Å². The Kier molecular flexibility index (Phi) is 4.83. The minimum Gasteiger partial charge on any atom is -0.324 e. The van der Waals surface area contributed by atoms with E-state index in [4.69, 9.17) is 0 Å². The Morgan fingerprint density at radius 2 is 2.00 bits per heavy atom. The molecule has 110 valence electrons. The van der Waals surface area contributed by atoms with Crippen molar-refractivity contribution in [1.29, 1.82) is 0 Å². The van der Waals surface area contributed by atoms with Crippen LogP contribution in [-0.2, 0) is 4.79 Å². The zero-order chi connectivity index (χ0) is 14.0. The normalized spacial score (nSPS) is 29.5. The van der Waals surface area contributed by atoms with E-state index in [9.17, 15) is 4.79 Å². The zero-order valence-electron chi connectivity index (χ0n) is 12.7. The van der Waals surface area contributed by atoms with Gasteiger partial charge in [0.2, 0.25) is 5.91 Å². The lowest BCUT2D eigenvalue weighted by Crippen LogP contribution is -2.47. The highest BCUT2D eigenvalue weighted by atomic mass is 32.2. The molecule has 1 aliphatic carbocycles. The van der Waals surface area contributed by atoms with Crippen LogP contribution in [0, 0.1) is 5.92 Å². The smallest absolute Gasteiger partial charge is 0.241 e. The fourth-order valence-electron chi connectivity index (χ4n) is 3.31. The molecule has 3 nitrogen and oxygen atoms in total. The fraction of sp³-hybridized carbons (Fsp3) is 0.933. The molecular formula is C15H28N2OS. The van der Waals surface area contributed by atoms with Crippen molar-refractivity contribution in [2.75, 3.05) is 12.8 Å². The molecule has 0 aromatic carbocycles. The number of thioether (sulfide) groups is 1. The van der Waals surface area contributed by atoms with E-state index >= 15 is 0 Å². The van der Waals surface area contributed by atoms with Gasteiger partial charge in [-0.2, -0.15) is 11.8 Å². The number of nitrogens with one attached hydrogen (secondary N) is 1. The van der Waals surface area contributed by atoms with Crippen LogP contribution >= 0.6 is 11.8 Å². The van der Waals surface area contributed by atoms with Gasteiger partial charge in [-0.25, -0.2) is 0 Å². The summed E-state index contributed by atoms with van der Waals surface area (Å²) in [5, 5.41) is 3.60. The minimum atomic E-state index is 0.0447.